The summed E-state index contributed by atoms with van der Waals surface area (Å²) in [5.74, 6) is -0.0903. The molecule has 0 heterocycles. The first kappa shape index (κ1) is 12.2. The van der Waals surface area contributed by atoms with Crippen molar-refractivity contribution in [1.29, 1.82) is 0 Å². The van der Waals surface area contributed by atoms with Crippen LogP contribution in [-0.4, -0.2) is 14.2 Å². The summed E-state index contributed by atoms with van der Waals surface area (Å²) in [6.07, 6.45) is 4.06. The minimum atomic E-state index is -0.472. The van der Waals surface area contributed by atoms with Crippen LogP contribution in [0.1, 0.15) is 31.2 Å². The third-order valence-corrected chi connectivity index (χ3v) is 3.52. The quantitative estimate of drug-likeness (QED) is 0.881. The van der Waals surface area contributed by atoms with Crippen LogP contribution in [0, 0.1) is 5.82 Å². The van der Waals surface area contributed by atoms with Crippen LogP contribution in [0.4, 0.5) is 4.39 Å². The van der Waals surface area contributed by atoms with Gasteiger partial charge < -0.3 is 15.2 Å². The van der Waals surface area contributed by atoms with Gasteiger partial charge in [0, 0.05) is 5.54 Å². The van der Waals surface area contributed by atoms with Crippen molar-refractivity contribution in [2.24, 2.45) is 5.73 Å². The predicted molar refractivity (Wildman–Crippen MR) is 63.8 cm³/mol. The zero-order valence-electron chi connectivity index (χ0n) is 10.3. The van der Waals surface area contributed by atoms with Crippen molar-refractivity contribution in [3.05, 3.63) is 23.5 Å². The molecule has 17 heavy (non-hydrogen) atoms. The van der Waals surface area contributed by atoms with E-state index in [-0.39, 0.29) is 17.0 Å². The van der Waals surface area contributed by atoms with E-state index in [2.05, 4.69) is 0 Å². The van der Waals surface area contributed by atoms with Crippen LogP contribution in [0.5, 0.6) is 11.5 Å². The summed E-state index contributed by atoms with van der Waals surface area (Å²) >= 11 is 0. The lowest BCUT2D eigenvalue weighted by atomic mass is 9.89. The van der Waals surface area contributed by atoms with Crippen LogP contribution in [0.2, 0.25) is 0 Å². The Morgan fingerprint density at radius 1 is 1.12 bits per heavy atom. The molecule has 1 aromatic carbocycles. The molecule has 0 spiro atoms. The lowest BCUT2D eigenvalue weighted by molar-refractivity contribution is 0.345. The number of methoxy groups -OCH3 is 2. The molecule has 0 amide bonds. The van der Waals surface area contributed by atoms with Crippen molar-refractivity contribution < 1.29 is 13.9 Å². The second-order valence-corrected chi connectivity index (χ2v) is 4.56. The number of ether oxygens (including phenoxy) is 2. The third-order valence-electron chi connectivity index (χ3n) is 3.52. The van der Waals surface area contributed by atoms with Gasteiger partial charge in [0.25, 0.3) is 0 Å². The van der Waals surface area contributed by atoms with Crippen molar-refractivity contribution in [1.82, 2.24) is 0 Å². The highest BCUT2D eigenvalue weighted by atomic mass is 19.1. The predicted octanol–water partition coefficient (Wildman–Crippen LogP) is 2.57. The highest BCUT2D eigenvalue weighted by Crippen LogP contribution is 2.40. The molecule has 4 heteroatoms. The van der Waals surface area contributed by atoms with Gasteiger partial charge in [0.15, 0.2) is 11.5 Å². The van der Waals surface area contributed by atoms with E-state index in [0.717, 1.165) is 31.2 Å². The molecule has 0 aromatic heterocycles. The van der Waals surface area contributed by atoms with Gasteiger partial charge in [-0.05, 0) is 30.5 Å². The first-order valence-corrected chi connectivity index (χ1v) is 5.81. The summed E-state index contributed by atoms with van der Waals surface area (Å²) in [7, 11) is 2.89. The lowest BCUT2D eigenvalue weighted by Crippen LogP contribution is -2.33. The maximum atomic E-state index is 13.8. The van der Waals surface area contributed by atoms with Crippen molar-refractivity contribution in [3.63, 3.8) is 0 Å². The van der Waals surface area contributed by atoms with Crippen molar-refractivity contribution in [3.8, 4) is 11.5 Å². The van der Waals surface area contributed by atoms with E-state index in [9.17, 15) is 4.39 Å². The Bertz CT molecular complexity index is 389. The van der Waals surface area contributed by atoms with E-state index in [1.165, 1.54) is 14.2 Å². The summed E-state index contributed by atoms with van der Waals surface area (Å²) < 4.78 is 23.8. The Kier molecular flexibility index (Phi) is 3.24. The van der Waals surface area contributed by atoms with Gasteiger partial charge in [-0.1, -0.05) is 12.8 Å². The number of benzene rings is 1. The number of halogens is 1. The van der Waals surface area contributed by atoms with Crippen molar-refractivity contribution in [2.75, 3.05) is 14.2 Å². The van der Waals surface area contributed by atoms with Gasteiger partial charge in [0.2, 0.25) is 5.82 Å². The molecule has 0 aliphatic heterocycles. The summed E-state index contributed by atoms with van der Waals surface area (Å²) in [5, 5.41) is 0. The van der Waals surface area contributed by atoms with Crippen LogP contribution in [0.3, 0.4) is 0 Å². The normalized spacial score (nSPS) is 18.1. The molecule has 0 radical (unpaired) electrons. The molecule has 0 saturated heterocycles. The molecule has 1 aliphatic carbocycles. The average molecular weight is 239 g/mol. The molecular weight excluding hydrogens is 221 g/mol. The molecular formula is C13H18FNO2. The van der Waals surface area contributed by atoms with Crippen LogP contribution < -0.4 is 15.2 Å². The van der Waals surface area contributed by atoms with Gasteiger partial charge in [0.1, 0.15) is 0 Å². The van der Waals surface area contributed by atoms with Crippen LogP contribution in [-0.2, 0) is 5.54 Å². The standard InChI is InChI=1S/C13H18FNO2/c1-16-10-7-9(8-11(17-2)12(10)14)13(15)5-3-4-6-13/h7-8H,3-6,15H2,1-2H3. The molecule has 1 aromatic rings. The zero-order chi connectivity index (χ0) is 12.5. The summed E-state index contributed by atoms with van der Waals surface area (Å²) in [6, 6.07) is 3.37. The van der Waals surface area contributed by atoms with Crippen molar-refractivity contribution >= 4 is 0 Å². The molecule has 1 fully saturated rings. The topological polar surface area (TPSA) is 44.5 Å². The largest absolute Gasteiger partial charge is 0.494 e. The lowest BCUT2D eigenvalue weighted by Gasteiger charge is -2.25. The summed E-state index contributed by atoms with van der Waals surface area (Å²) in [5.41, 5.74) is 6.87. The number of hydrogen-bond donors (Lipinski definition) is 1. The first-order chi connectivity index (χ1) is 8.10. The third kappa shape index (κ3) is 2.09. The molecule has 0 atom stereocenters. The molecule has 0 unspecified atom stereocenters. The SMILES string of the molecule is COc1cc(C2(N)CCCC2)cc(OC)c1F. The second kappa shape index (κ2) is 4.53. The summed E-state index contributed by atoms with van der Waals surface area (Å²) in [4.78, 5) is 0. The number of nitrogens with two attached hydrogens (primary N) is 1. The Labute approximate surface area is 101 Å². The maximum Gasteiger partial charge on any atom is 0.206 e. The second-order valence-electron chi connectivity index (χ2n) is 4.56. The highest BCUT2D eigenvalue weighted by Gasteiger charge is 2.32. The number of rotatable bonds is 3. The van der Waals surface area contributed by atoms with E-state index >= 15 is 0 Å². The van der Waals surface area contributed by atoms with Gasteiger partial charge >= 0.3 is 0 Å². The first-order valence-electron chi connectivity index (χ1n) is 5.81. The van der Waals surface area contributed by atoms with E-state index in [4.69, 9.17) is 15.2 Å². The minimum absolute atomic E-state index is 0.191. The van der Waals surface area contributed by atoms with E-state index in [1.807, 2.05) is 0 Å². The van der Waals surface area contributed by atoms with Gasteiger partial charge in [-0.25, -0.2) is 0 Å². The van der Waals surface area contributed by atoms with Crippen LogP contribution in [0.15, 0.2) is 12.1 Å². The average Bonchev–Trinajstić information content (AvgIpc) is 2.77. The van der Waals surface area contributed by atoms with Gasteiger partial charge in [-0.15, -0.1) is 0 Å². The van der Waals surface area contributed by atoms with Crippen molar-refractivity contribution in [2.45, 2.75) is 31.2 Å². The minimum Gasteiger partial charge on any atom is -0.494 e. The fourth-order valence-corrected chi connectivity index (χ4v) is 2.45. The highest BCUT2D eigenvalue weighted by molar-refractivity contribution is 5.43. The Morgan fingerprint density at radius 2 is 1.59 bits per heavy atom. The fraction of sp³-hybridized carbons (Fsp3) is 0.538. The van der Waals surface area contributed by atoms with E-state index in [0.29, 0.717) is 0 Å². The Balaban J connectivity index is 2.47. The molecule has 0 bridgehead atoms. The zero-order valence-corrected chi connectivity index (χ0v) is 10.3. The summed E-state index contributed by atoms with van der Waals surface area (Å²) in [6.45, 7) is 0. The van der Waals surface area contributed by atoms with Gasteiger partial charge in [-0.3, -0.25) is 0 Å². The molecule has 3 nitrogen and oxygen atoms in total. The van der Waals surface area contributed by atoms with Gasteiger partial charge in [-0.2, -0.15) is 4.39 Å². The van der Waals surface area contributed by atoms with Crippen LogP contribution >= 0.6 is 0 Å². The molecule has 1 saturated carbocycles. The molecule has 2 rings (SSSR count). The van der Waals surface area contributed by atoms with Gasteiger partial charge in [0.05, 0.1) is 14.2 Å². The Hall–Kier alpha value is -1.29. The maximum absolute atomic E-state index is 13.8. The monoisotopic (exact) mass is 239 g/mol. The molecule has 94 valence electrons. The fourth-order valence-electron chi connectivity index (χ4n) is 2.45. The molecule has 1 aliphatic rings. The van der Waals surface area contributed by atoms with Crippen LogP contribution in [0.25, 0.3) is 0 Å². The molecule has 2 N–H and O–H groups in total. The smallest absolute Gasteiger partial charge is 0.206 e. The van der Waals surface area contributed by atoms with E-state index in [1.54, 1.807) is 12.1 Å². The van der Waals surface area contributed by atoms with E-state index < -0.39 is 5.82 Å². The number of hydrogen-bond acceptors (Lipinski definition) is 3. The Morgan fingerprint density at radius 3 is 2.00 bits per heavy atom.